The summed E-state index contributed by atoms with van der Waals surface area (Å²) >= 11 is 0. The van der Waals surface area contributed by atoms with Gasteiger partial charge < -0.3 is 0 Å². The van der Waals surface area contributed by atoms with Crippen molar-refractivity contribution in [1.29, 1.82) is 0 Å². The van der Waals surface area contributed by atoms with Crippen LogP contribution in [-0.2, 0) is 0 Å². The molecule has 1 rings (SSSR count). The standard InChI is InChI=1S/C7H7P/c1-2-7-4-3-5-8-6-7/h2-6H,1H2. The zero-order valence-corrected chi connectivity index (χ0v) is 5.44. The predicted molar refractivity (Wildman–Crippen MR) is 39.0 cm³/mol. The first-order valence-corrected chi connectivity index (χ1v) is 3.49. The highest BCUT2D eigenvalue weighted by Gasteiger charge is 1.76. The Kier molecular flexibility index (Phi) is 1.82. The zero-order chi connectivity index (χ0) is 5.82. The van der Waals surface area contributed by atoms with Crippen LogP contribution in [0.1, 0.15) is 5.56 Å². The van der Waals surface area contributed by atoms with Crippen LogP contribution in [0.3, 0.4) is 0 Å². The van der Waals surface area contributed by atoms with Crippen LogP contribution in [0.15, 0.2) is 30.3 Å². The maximum absolute atomic E-state index is 3.65. The summed E-state index contributed by atoms with van der Waals surface area (Å²) in [4.78, 5) is 0. The highest BCUT2D eigenvalue weighted by atomic mass is 31.0. The van der Waals surface area contributed by atoms with Gasteiger partial charge in [0.05, 0.1) is 0 Å². The molecule has 0 aliphatic heterocycles. The van der Waals surface area contributed by atoms with Crippen molar-refractivity contribution < 1.29 is 0 Å². The summed E-state index contributed by atoms with van der Waals surface area (Å²) in [6.07, 6.45) is 1.86. The third-order valence-corrected chi connectivity index (χ3v) is 1.71. The Morgan fingerprint density at radius 1 is 1.62 bits per heavy atom. The molecule has 40 valence electrons. The molecular weight excluding hydrogens is 115 g/mol. The number of hydrogen-bond donors (Lipinski definition) is 0. The molecule has 0 aromatic carbocycles. The second-order valence-electron chi connectivity index (χ2n) is 1.49. The van der Waals surface area contributed by atoms with Gasteiger partial charge in [0.2, 0.25) is 0 Å². The monoisotopic (exact) mass is 122 g/mol. The van der Waals surface area contributed by atoms with Gasteiger partial charge in [-0.05, 0) is 17.2 Å². The third kappa shape index (κ3) is 1.18. The predicted octanol–water partition coefficient (Wildman–Crippen LogP) is 2.91. The topological polar surface area (TPSA) is 0 Å². The van der Waals surface area contributed by atoms with Crippen molar-refractivity contribution in [3.63, 3.8) is 0 Å². The Labute approximate surface area is 51.0 Å². The first-order chi connectivity index (χ1) is 3.93. The van der Waals surface area contributed by atoms with Gasteiger partial charge in [-0.25, -0.2) is 0 Å². The van der Waals surface area contributed by atoms with Crippen LogP contribution in [0.5, 0.6) is 0 Å². The van der Waals surface area contributed by atoms with Gasteiger partial charge >= 0.3 is 0 Å². The van der Waals surface area contributed by atoms with Crippen LogP contribution in [0, 0.1) is 0 Å². The molecule has 0 radical (unpaired) electrons. The van der Waals surface area contributed by atoms with E-state index < -0.39 is 0 Å². The van der Waals surface area contributed by atoms with Gasteiger partial charge in [-0.1, -0.05) is 33.0 Å². The number of rotatable bonds is 1. The van der Waals surface area contributed by atoms with E-state index in [0.29, 0.717) is 0 Å². The minimum atomic E-state index is 1.22. The van der Waals surface area contributed by atoms with Crippen molar-refractivity contribution in [2.75, 3.05) is 0 Å². The van der Waals surface area contributed by atoms with Crippen LogP contribution < -0.4 is 0 Å². The summed E-state index contributed by atoms with van der Waals surface area (Å²) < 4.78 is 0. The van der Waals surface area contributed by atoms with E-state index in [9.17, 15) is 0 Å². The molecule has 0 bridgehead atoms. The van der Waals surface area contributed by atoms with Crippen LogP contribution in [0.25, 0.3) is 6.08 Å². The van der Waals surface area contributed by atoms with Crippen molar-refractivity contribution in [3.8, 4) is 0 Å². The highest BCUT2D eigenvalue weighted by Crippen LogP contribution is 2.07. The fourth-order valence-corrected chi connectivity index (χ4v) is 1.13. The zero-order valence-electron chi connectivity index (χ0n) is 4.54. The molecule has 0 unspecified atom stereocenters. The van der Waals surface area contributed by atoms with Crippen molar-refractivity contribution in [2.45, 2.75) is 0 Å². The molecule has 0 spiro atoms. The Hall–Kier alpha value is -0.610. The molecule has 8 heavy (non-hydrogen) atoms. The molecule has 1 heterocycles. The maximum atomic E-state index is 3.65. The lowest BCUT2D eigenvalue weighted by Gasteiger charge is -1.84. The van der Waals surface area contributed by atoms with Gasteiger partial charge in [0.15, 0.2) is 0 Å². The smallest absolute Gasteiger partial charge is 0.0217 e. The molecule has 0 aliphatic carbocycles. The fraction of sp³-hybridized carbons (Fsp3) is 0. The molecule has 0 atom stereocenters. The average Bonchev–Trinajstić information content (AvgIpc) is 1.90. The van der Waals surface area contributed by atoms with Crippen LogP contribution in [0.2, 0.25) is 0 Å². The minimum Gasteiger partial charge on any atom is -0.0985 e. The molecule has 0 amide bonds. The lowest BCUT2D eigenvalue weighted by atomic mass is 10.3. The molecule has 1 aromatic rings. The Balaban J connectivity index is 2.99. The minimum absolute atomic E-state index is 1.22. The van der Waals surface area contributed by atoms with E-state index >= 15 is 0 Å². The van der Waals surface area contributed by atoms with Gasteiger partial charge in [0, 0.05) is 0 Å². The SMILES string of the molecule is C=Cc1cccpc1. The van der Waals surface area contributed by atoms with Crippen molar-refractivity contribution in [3.05, 3.63) is 35.9 Å². The highest BCUT2D eigenvalue weighted by molar-refractivity contribution is 7.28. The van der Waals surface area contributed by atoms with Gasteiger partial charge in [0.25, 0.3) is 0 Å². The fourth-order valence-electron chi connectivity index (χ4n) is 0.497. The van der Waals surface area contributed by atoms with Gasteiger partial charge in [-0.2, -0.15) is 0 Å². The largest absolute Gasteiger partial charge is 0.0985 e. The summed E-state index contributed by atoms with van der Waals surface area (Å²) in [6.45, 7) is 3.65. The summed E-state index contributed by atoms with van der Waals surface area (Å²) in [5.41, 5.74) is 1.22. The Morgan fingerprint density at radius 2 is 2.50 bits per heavy atom. The van der Waals surface area contributed by atoms with Crippen LogP contribution in [0.4, 0.5) is 0 Å². The first-order valence-electron chi connectivity index (χ1n) is 2.46. The van der Waals surface area contributed by atoms with Gasteiger partial charge in [-0.15, -0.1) is 0 Å². The van der Waals surface area contributed by atoms with Crippen molar-refractivity contribution in [1.82, 2.24) is 0 Å². The normalized spacial score (nSPS) is 9.50. The summed E-state index contributed by atoms with van der Waals surface area (Å²) in [5, 5.41) is 0. The molecule has 0 aliphatic rings. The average molecular weight is 122 g/mol. The van der Waals surface area contributed by atoms with Crippen LogP contribution in [-0.4, -0.2) is 0 Å². The molecule has 0 nitrogen and oxygen atoms in total. The van der Waals surface area contributed by atoms with Crippen molar-refractivity contribution >= 4 is 14.3 Å². The summed E-state index contributed by atoms with van der Waals surface area (Å²) in [6, 6.07) is 4.09. The van der Waals surface area contributed by atoms with E-state index in [1.54, 1.807) is 0 Å². The molecule has 0 fully saturated rings. The quantitative estimate of drug-likeness (QED) is 0.537. The van der Waals surface area contributed by atoms with E-state index in [-0.39, 0.29) is 0 Å². The Bertz CT molecular complexity index is 167. The van der Waals surface area contributed by atoms with Gasteiger partial charge in [0.1, 0.15) is 0 Å². The third-order valence-electron chi connectivity index (χ3n) is 0.920. The van der Waals surface area contributed by atoms with Crippen molar-refractivity contribution in [2.24, 2.45) is 0 Å². The van der Waals surface area contributed by atoms with E-state index in [2.05, 4.69) is 18.2 Å². The molecule has 0 saturated carbocycles. The van der Waals surface area contributed by atoms with Gasteiger partial charge in [-0.3, -0.25) is 0 Å². The number of hydrogen-bond acceptors (Lipinski definition) is 0. The lowest BCUT2D eigenvalue weighted by molar-refractivity contribution is 1.80. The maximum Gasteiger partial charge on any atom is -0.0217 e. The first kappa shape index (κ1) is 5.53. The van der Waals surface area contributed by atoms with E-state index in [0.717, 1.165) is 0 Å². The lowest BCUT2D eigenvalue weighted by Crippen LogP contribution is -1.59. The summed E-state index contributed by atoms with van der Waals surface area (Å²) in [5.74, 6) is 4.21. The molecule has 1 heteroatoms. The van der Waals surface area contributed by atoms with E-state index in [1.165, 1.54) is 13.8 Å². The Morgan fingerprint density at radius 3 is 2.88 bits per heavy atom. The second kappa shape index (κ2) is 2.64. The molecule has 0 N–H and O–H groups in total. The molecular formula is C7H7P. The van der Waals surface area contributed by atoms with E-state index in [4.69, 9.17) is 0 Å². The second-order valence-corrected chi connectivity index (χ2v) is 2.34. The molecule has 0 saturated heterocycles. The van der Waals surface area contributed by atoms with E-state index in [1.807, 2.05) is 18.2 Å². The van der Waals surface area contributed by atoms with Crippen LogP contribution >= 0.6 is 8.19 Å². The molecule has 1 aromatic heterocycles. The summed E-state index contributed by atoms with van der Waals surface area (Å²) in [7, 11) is 1.26.